The van der Waals surface area contributed by atoms with Gasteiger partial charge in [0, 0.05) is 0 Å². The molecule has 0 radical (unpaired) electrons. The van der Waals surface area contributed by atoms with Crippen LogP contribution in [0.2, 0.25) is 0 Å². The van der Waals surface area contributed by atoms with E-state index in [0.29, 0.717) is 0 Å². The highest BCUT2D eigenvalue weighted by molar-refractivity contribution is 14.2. The molecule has 4 nitrogen and oxygen atoms in total. The van der Waals surface area contributed by atoms with Crippen LogP contribution in [0.4, 0.5) is 4.79 Å². The van der Waals surface area contributed by atoms with Gasteiger partial charge in [-0.2, -0.15) is 0 Å². The van der Waals surface area contributed by atoms with Crippen LogP contribution < -0.4 is 4.74 Å². The summed E-state index contributed by atoms with van der Waals surface area (Å²) in [4.78, 5) is 10.5. The van der Waals surface area contributed by atoms with E-state index in [1.165, 1.54) is 38.2 Å². The van der Waals surface area contributed by atoms with Gasteiger partial charge in [0.1, 0.15) is 0 Å². The van der Waals surface area contributed by atoms with Crippen molar-refractivity contribution in [1.82, 2.24) is 0 Å². The Morgan fingerprint density at radius 3 is 2.36 bits per heavy atom. The number of halogens is 2. The van der Waals surface area contributed by atoms with Crippen molar-refractivity contribution >= 4 is 51.3 Å². The zero-order valence-electron chi connectivity index (χ0n) is 12.4. The van der Waals surface area contributed by atoms with E-state index < -0.39 is 6.16 Å². The summed E-state index contributed by atoms with van der Waals surface area (Å²) in [5.74, 6) is -0.0443. The van der Waals surface area contributed by atoms with Crippen molar-refractivity contribution in [3.05, 3.63) is 23.8 Å². The van der Waals surface area contributed by atoms with Crippen LogP contribution in [0.1, 0.15) is 50.5 Å². The van der Waals surface area contributed by atoms with E-state index in [0.717, 1.165) is 26.8 Å². The lowest BCUT2D eigenvalue weighted by Crippen LogP contribution is -2.03. The van der Waals surface area contributed by atoms with Gasteiger partial charge in [0.05, 0.1) is 1.93 Å². The Morgan fingerprint density at radius 1 is 1.09 bits per heavy atom. The first-order chi connectivity index (χ1) is 10.5. The number of hydrogen-bond acceptors (Lipinski definition) is 3. The summed E-state index contributed by atoms with van der Waals surface area (Å²) in [7, 11) is 0. The van der Waals surface area contributed by atoms with Crippen LogP contribution in [-0.2, 0) is 6.42 Å². The Kier molecular flexibility index (Phi) is 10.2. The van der Waals surface area contributed by atoms with E-state index in [9.17, 15) is 9.90 Å². The normalized spacial score (nSPS) is 10.9. The molecule has 0 aliphatic carbocycles. The molecule has 1 rings (SSSR count). The molecule has 0 spiro atoms. The third-order valence-corrected chi connectivity index (χ3v) is 4.64. The molecule has 124 valence electrons. The van der Waals surface area contributed by atoms with Crippen LogP contribution in [0, 0.1) is 0 Å². The van der Waals surface area contributed by atoms with Gasteiger partial charge in [-0.25, -0.2) is 4.79 Å². The third-order valence-electron chi connectivity index (χ3n) is 3.40. The van der Waals surface area contributed by atoms with Crippen molar-refractivity contribution in [2.75, 3.05) is 0 Å². The van der Waals surface area contributed by atoms with Gasteiger partial charge in [0.25, 0.3) is 0 Å². The maximum Gasteiger partial charge on any atom is 0.511 e. The molecule has 0 aliphatic heterocycles. The van der Waals surface area contributed by atoms with Gasteiger partial charge in [0.15, 0.2) is 11.5 Å². The average Bonchev–Trinajstić information content (AvgIpc) is 2.44. The molecule has 0 unspecified atom stereocenters. The second-order valence-corrected chi connectivity index (χ2v) is 10.6. The van der Waals surface area contributed by atoms with Gasteiger partial charge in [0.2, 0.25) is 0 Å². The number of phenols is 1. The van der Waals surface area contributed by atoms with Gasteiger partial charge >= 0.3 is 6.16 Å². The summed E-state index contributed by atoms with van der Waals surface area (Å²) >= 11 is 4.90. The molecular formula is C16H22I2O4. The molecule has 1 aromatic rings. The molecule has 0 aliphatic rings. The van der Waals surface area contributed by atoms with Crippen LogP contribution >= 0.6 is 45.2 Å². The van der Waals surface area contributed by atoms with Crippen molar-refractivity contribution in [3.63, 3.8) is 0 Å². The molecule has 0 atom stereocenters. The molecule has 1 aromatic carbocycles. The van der Waals surface area contributed by atoms with E-state index in [4.69, 9.17) is 5.11 Å². The summed E-state index contributed by atoms with van der Waals surface area (Å²) in [5.41, 5.74) is 0.747. The summed E-state index contributed by atoms with van der Waals surface area (Å²) in [6.45, 7) is 0. The monoisotopic (exact) mass is 532 g/mol. The number of aromatic hydroxyl groups is 1. The fourth-order valence-corrected chi connectivity index (χ4v) is 3.15. The number of benzene rings is 1. The van der Waals surface area contributed by atoms with Gasteiger partial charge in [-0.05, 0) is 30.9 Å². The predicted octanol–water partition coefficient (Wildman–Crippen LogP) is 5.92. The Bertz CT molecular complexity index is 463. The summed E-state index contributed by atoms with van der Waals surface area (Å²) in [6.07, 6.45) is 7.78. The molecule has 0 saturated heterocycles. The topological polar surface area (TPSA) is 66.8 Å². The first-order valence-electron chi connectivity index (χ1n) is 7.50. The van der Waals surface area contributed by atoms with Crippen molar-refractivity contribution in [2.45, 2.75) is 53.3 Å². The molecule has 0 heterocycles. The quantitative estimate of drug-likeness (QED) is 0.129. The third kappa shape index (κ3) is 8.40. The fourth-order valence-electron chi connectivity index (χ4n) is 2.27. The SMILES string of the molecule is O=C(O)Oc1cccc(CCCCCCCCC(I)I)c1O. The Balaban J connectivity index is 2.23. The van der Waals surface area contributed by atoms with Crippen LogP contribution in [-0.4, -0.2) is 18.3 Å². The Labute approximate surface area is 158 Å². The maximum atomic E-state index is 10.5. The Morgan fingerprint density at radius 2 is 1.73 bits per heavy atom. The minimum absolute atomic E-state index is 0.0113. The lowest BCUT2D eigenvalue weighted by molar-refractivity contribution is 0.143. The number of aryl methyl sites for hydroxylation is 1. The number of carboxylic acid groups (broad SMARTS) is 1. The second-order valence-electron chi connectivity index (χ2n) is 5.18. The fraction of sp³-hybridized carbons (Fsp3) is 0.562. The summed E-state index contributed by atoms with van der Waals surface area (Å²) in [6, 6.07) is 4.98. The molecule has 0 amide bonds. The molecule has 6 heteroatoms. The lowest BCUT2D eigenvalue weighted by Gasteiger charge is -2.08. The van der Waals surface area contributed by atoms with E-state index in [-0.39, 0.29) is 11.5 Å². The first kappa shape index (κ1) is 19.8. The summed E-state index contributed by atoms with van der Waals surface area (Å²) < 4.78 is 5.28. The first-order valence-corrected chi connectivity index (χ1v) is 9.99. The Hall–Kier alpha value is -0.250. The predicted molar refractivity (Wildman–Crippen MR) is 105 cm³/mol. The van der Waals surface area contributed by atoms with Crippen molar-refractivity contribution < 1.29 is 19.7 Å². The van der Waals surface area contributed by atoms with Crippen LogP contribution in [0.5, 0.6) is 11.5 Å². The molecule has 0 bridgehead atoms. The number of carbonyl (C=O) groups is 1. The van der Waals surface area contributed by atoms with Crippen LogP contribution in [0.15, 0.2) is 18.2 Å². The lowest BCUT2D eigenvalue weighted by atomic mass is 10.0. The minimum atomic E-state index is -1.41. The standard InChI is InChI=1S/C16H22I2O4/c17-14(18)11-6-4-2-1-3-5-8-12-9-7-10-13(15(12)19)22-16(20)21/h7,9-10,14,19H,1-6,8,11H2,(H,20,21). The van der Waals surface area contributed by atoms with E-state index >= 15 is 0 Å². The smallest absolute Gasteiger partial charge is 0.504 e. The zero-order chi connectivity index (χ0) is 16.4. The van der Waals surface area contributed by atoms with Crippen molar-refractivity contribution in [1.29, 1.82) is 0 Å². The number of para-hydroxylation sites is 1. The number of hydrogen-bond donors (Lipinski definition) is 2. The number of alkyl halides is 2. The molecule has 2 N–H and O–H groups in total. The number of ether oxygens (including phenoxy) is 1. The van der Waals surface area contributed by atoms with E-state index in [1.807, 2.05) is 6.07 Å². The molecule has 0 saturated carbocycles. The van der Waals surface area contributed by atoms with Crippen molar-refractivity contribution in [3.8, 4) is 11.5 Å². The molecule has 0 aromatic heterocycles. The highest BCUT2D eigenvalue weighted by Crippen LogP contribution is 2.31. The second kappa shape index (κ2) is 11.3. The van der Waals surface area contributed by atoms with E-state index in [1.54, 1.807) is 6.07 Å². The number of rotatable bonds is 10. The van der Waals surface area contributed by atoms with Crippen LogP contribution in [0.3, 0.4) is 0 Å². The van der Waals surface area contributed by atoms with Gasteiger partial charge in [-0.3, -0.25) is 0 Å². The molecule has 22 heavy (non-hydrogen) atoms. The van der Waals surface area contributed by atoms with Gasteiger partial charge in [-0.1, -0.05) is 89.4 Å². The van der Waals surface area contributed by atoms with Gasteiger partial charge in [-0.15, -0.1) is 0 Å². The van der Waals surface area contributed by atoms with E-state index in [2.05, 4.69) is 49.9 Å². The highest BCUT2D eigenvalue weighted by Gasteiger charge is 2.10. The average molecular weight is 532 g/mol. The summed E-state index contributed by atoms with van der Waals surface area (Å²) in [5, 5.41) is 18.6. The number of phenolic OH excluding ortho intramolecular Hbond substituents is 1. The van der Waals surface area contributed by atoms with Crippen molar-refractivity contribution in [2.24, 2.45) is 0 Å². The van der Waals surface area contributed by atoms with Crippen LogP contribution in [0.25, 0.3) is 0 Å². The maximum absolute atomic E-state index is 10.5. The largest absolute Gasteiger partial charge is 0.511 e. The van der Waals surface area contributed by atoms with Gasteiger partial charge < -0.3 is 14.9 Å². The molecule has 0 fully saturated rings. The minimum Gasteiger partial charge on any atom is -0.504 e. The molecular weight excluding hydrogens is 510 g/mol. The highest BCUT2D eigenvalue weighted by atomic mass is 127. The zero-order valence-corrected chi connectivity index (χ0v) is 16.7. The number of unbranched alkanes of at least 4 members (excludes halogenated alkanes) is 5.